The van der Waals surface area contributed by atoms with Gasteiger partial charge >= 0.3 is 6.01 Å². The zero-order chi connectivity index (χ0) is 9.97. The Morgan fingerprint density at radius 1 is 1.50 bits per heavy atom. The molecule has 14 heavy (non-hydrogen) atoms. The maximum Gasteiger partial charge on any atom is 0.321 e. The maximum absolute atomic E-state index is 4.85. The number of anilines is 1. The van der Waals surface area contributed by atoms with Crippen LogP contribution >= 0.6 is 0 Å². The Balaban J connectivity index is 1.98. The van der Waals surface area contributed by atoms with Crippen LogP contribution in [-0.2, 0) is 13.6 Å². The lowest BCUT2D eigenvalue weighted by Gasteiger charge is -1.97. The van der Waals surface area contributed by atoms with Crippen LogP contribution in [0.4, 0.5) is 6.01 Å². The average molecular weight is 195 g/mol. The Kier molecular flexibility index (Phi) is 2.09. The molecule has 0 aromatic carbocycles. The minimum atomic E-state index is 0.366. The number of hydrogen-bond acceptors (Lipinski definition) is 7. The van der Waals surface area contributed by atoms with Crippen molar-refractivity contribution in [2.75, 3.05) is 5.32 Å². The summed E-state index contributed by atoms with van der Waals surface area (Å²) in [6.07, 6.45) is 0. The second-order valence-electron chi connectivity index (χ2n) is 2.72. The first kappa shape index (κ1) is 8.60. The molecular formula is C6H9N7O. The van der Waals surface area contributed by atoms with Crippen LogP contribution in [0.2, 0.25) is 0 Å². The first-order valence-electron chi connectivity index (χ1n) is 4.01. The molecule has 0 aliphatic rings. The molecule has 0 amide bonds. The zero-order valence-electron chi connectivity index (χ0n) is 7.80. The first-order chi connectivity index (χ1) is 6.75. The lowest BCUT2D eigenvalue weighted by atomic mass is 10.6. The maximum atomic E-state index is 4.85. The minimum Gasteiger partial charge on any atom is -0.330 e. The van der Waals surface area contributed by atoms with E-state index >= 15 is 0 Å². The van der Waals surface area contributed by atoms with Crippen LogP contribution in [0.5, 0.6) is 0 Å². The molecule has 2 rings (SSSR count). The van der Waals surface area contributed by atoms with E-state index in [1.54, 1.807) is 18.7 Å². The Labute approximate surface area is 79.3 Å². The summed E-state index contributed by atoms with van der Waals surface area (Å²) in [5.74, 6) is 1.28. The van der Waals surface area contributed by atoms with Crippen molar-refractivity contribution >= 4 is 6.01 Å². The van der Waals surface area contributed by atoms with Crippen LogP contribution in [0.15, 0.2) is 4.52 Å². The predicted octanol–water partition coefficient (Wildman–Crippen LogP) is -0.486. The van der Waals surface area contributed by atoms with Gasteiger partial charge in [-0.1, -0.05) is 5.16 Å². The molecule has 8 nitrogen and oxygen atoms in total. The smallest absolute Gasteiger partial charge is 0.321 e. The van der Waals surface area contributed by atoms with Crippen molar-refractivity contribution in [1.29, 1.82) is 0 Å². The van der Waals surface area contributed by atoms with Crippen molar-refractivity contribution in [3.8, 4) is 0 Å². The number of aryl methyl sites for hydroxylation is 2. The van der Waals surface area contributed by atoms with Crippen LogP contribution in [0.3, 0.4) is 0 Å². The summed E-state index contributed by atoms with van der Waals surface area (Å²) in [4.78, 5) is 3.97. The van der Waals surface area contributed by atoms with E-state index in [1.807, 2.05) is 0 Å². The molecule has 1 N–H and O–H groups in total. The second-order valence-corrected chi connectivity index (χ2v) is 2.72. The van der Waals surface area contributed by atoms with Crippen LogP contribution < -0.4 is 5.32 Å². The van der Waals surface area contributed by atoms with Crippen LogP contribution in [0, 0.1) is 6.92 Å². The van der Waals surface area contributed by atoms with E-state index in [0.717, 1.165) is 0 Å². The molecule has 0 fully saturated rings. The fourth-order valence-electron chi connectivity index (χ4n) is 0.921. The fourth-order valence-corrected chi connectivity index (χ4v) is 0.921. The van der Waals surface area contributed by atoms with Crippen LogP contribution in [-0.4, -0.2) is 30.3 Å². The van der Waals surface area contributed by atoms with Gasteiger partial charge in [0.05, 0.1) is 6.54 Å². The number of tetrazole rings is 1. The average Bonchev–Trinajstić information content (AvgIpc) is 2.72. The van der Waals surface area contributed by atoms with Crippen molar-refractivity contribution in [3.05, 3.63) is 11.6 Å². The van der Waals surface area contributed by atoms with Gasteiger partial charge in [-0.2, -0.15) is 4.98 Å². The molecule has 0 aliphatic carbocycles. The molecule has 0 spiro atoms. The minimum absolute atomic E-state index is 0.366. The summed E-state index contributed by atoms with van der Waals surface area (Å²) in [5.41, 5.74) is 0. The highest BCUT2D eigenvalue weighted by Crippen LogP contribution is 2.03. The molecule has 2 aromatic heterocycles. The van der Waals surface area contributed by atoms with Gasteiger partial charge in [0.25, 0.3) is 0 Å². The highest BCUT2D eigenvalue weighted by Gasteiger charge is 2.05. The van der Waals surface area contributed by atoms with E-state index in [9.17, 15) is 0 Å². The molecule has 0 saturated heterocycles. The Morgan fingerprint density at radius 2 is 2.36 bits per heavy atom. The number of rotatable bonds is 3. The molecule has 0 saturated carbocycles. The van der Waals surface area contributed by atoms with Gasteiger partial charge in [0.1, 0.15) is 0 Å². The molecule has 74 valence electrons. The van der Waals surface area contributed by atoms with E-state index in [0.29, 0.717) is 24.2 Å². The van der Waals surface area contributed by atoms with Gasteiger partial charge in [0, 0.05) is 7.05 Å². The van der Waals surface area contributed by atoms with Crippen molar-refractivity contribution in [2.45, 2.75) is 13.5 Å². The number of aromatic nitrogens is 6. The van der Waals surface area contributed by atoms with E-state index in [1.165, 1.54) is 0 Å². The van der Waals surface area contributed by atoms with Crippen molar-refractivity contribution in [2.24, 2.45) is 7.05 Å². The first-order valence-corrected chi connectivity index (χ1v) is 4.01. The van der Waals surface area contributed by atoms with Gasteiger partial charge in [0.15, 0.2) is 11.6 Å². The molecule has 0 aliphatic heterocycles. The Hall–Kier alpha value is -1.99. The second kappa shape index (κ2) is 3.40. The highest BCUT2D eigenvalue weighted by atomic mass is 16.5. The van der Waals surface area contributed by atoms with Gasteiger partial charge in [-0.05, 0) is 17.4 Å². The Bertz CT molecular complexity index is 419. The third kappa shape index (κ3) is 1.68. The monoisotopic (exact) mass is 195 g/mol. The normalized spacial score (nSPS) is 10.4. The largest absolute Gasteiger partial charge is 0.330 e. The molecule has 0 bridgehead atoms. The van der Waals surface area contributed by atoms with E-state index in [-0.39, 0.29) is 0 Å². The lowest BCUT2D eigenvalue weighted by molar-refractivity contribution is 0.424. The van der Waals surface area contributed by atoms with Gasteiger partial charge in [-0.15, -0.1) is 5.10 Å². The molecule has 0 atom stereocenters. The molecule has 8 heteroatoms. The van der Waals surface area contributed by atoms with Crippen LogP contribution in [0.25, 0.3) is 0 Å². The standard InChI is InChI=1S/C6H9N7O/c1-4-8-6(14-10-4)7-3-5-9-11-12-13(5)2/h3H2,1-2H3,(H,7,8,10). The third-order valence-corrected chi connectivity index (χ3v) is 1.63. The summed E-state index contributed by atoms with van der Waals surface area (Å²) in [7, 11) is 1.76. The summed E-state index contributed by atoms with van der Waals surface area (Å²) < 4.78 is 6.42. The highest BCUT2D eigenvalue weighted by molar-refractivity contribution is 5.18. The predicted molar refractivity (Wildman–Crippen MR) is 45.2 cm³/mol. The number of nitrogens with one attached hydrogen (secondary N) is 1. The summed E-state index contributed by atoms with van der Waals surface area (Å²) in [6, 6.07) is 0.366. The molecule has 0 radical (unpaired) electrons. The number of hydrogen-bond donors (Lipinski definition) is 1. The summed E-state index contributed by atoms with van der Waals surface area (Å²) >= 11 is 0. The van der Waals surface area contributed by atoms with E-state index < -0.39 is 0 Å². The van der Waals surface area contributed by atoms with Gasteiger partial charge < -0.3 is 9.84 Å². The van der Waals surface area contributed by atoms with Gasteiger partial charge in [0.2, 0.25) is 0 Å². The summed E-state index contributed by atoms with van der Waals surface area (Å²) in [5, 5.41) is 17.5. The molecule has 2 heterocycles. The van der Waals surface area contributed by atoms with Crippen molar-refractivity contribution in [3.63, 3.8) is 0 Å². The fraction of sp³-hybridized carbons (Fsp3) is 0.500. The number of nitrogens with zero attached hydrogens (tertiary/aromatic N) is 6. The topological polar surface area (TPSA) is 94.5 Å². The SMILES string of the molecule is Cc1noc(NCc2nnnn2C)n1. The zero-order valence-corrected chi connectivity index (χ0v) is 7.80. The third-order valence-electron chi connectivity index (χ3n) is 1.63. The van der Waals surface area contributed by atoms with Gasteiger partial charge in [-0.3, -0.25) is 0 Å². The quantitative estimate of drug-likeness (QED) is 0.706. The lowest BCUT2D eigenvalue weighted by Crippen LogP contribution is -2.06. The Morgan fingerprint density at radius 3 is 2.93 bits per heavy atom. The van der Waals surface area contributed by atoms with Crippen LogP contribution in [0.1, 0.15) is 11.6 Å². The molecular weight excluding hydrogens is 186 g/mol. The van der Waals surface area contributed by atoms with E-state index in [4.69, 9.17) is 4.52 Å². The molecule has 0 unspecified atom stereocenters. The van der Waals surface area contributed by atoms with Crippen molar-refractivity contribution in [1.82, 2.24) is 30.3 Å². The summed E-state index contributed by atoms with van der Waals surface area (Å²) in [6.45, 7) is 2.20. The van der Waals surface area contributed by atoms with Crippen molar-refractivity contribution < 1.29 is 4.52 Å². The van der Waals surface area contributed by atoms with Gasteiger partial charge in [-0.25, -0.2) is 4.68 Å². The molecule has 2 aromatic rings. The van der Waals surface area contributed by atoms with E-state index in [2.05, 4.69) is 31.0 Å².